The van der Waals surface area contributed by atoms with Gasteiger partial charge >= 0.3 is 0 Å². The number of aliphatic hydroxyl groups is 2. The third-order valence-electron chi connectivity index (χ3n) is 2.92. The summed E-state index contributed by atoms with van der Waals surface area (Å²) in [7, 11) is -3.54. The second-order valence-electron chi connectivity index (χ2n) is 4.45. The highest BCUT2D eigenvalue weighted by molar-refractivity contribution is 7.88. The van der Waals surface area contributed by atoms with Crippen molar-refractivity contribution in [1.82, 2.24) is 4.31 Å². The quantitative estimate of drug-likeness (QED) is 0.621. The first-order valence-corrected chi connectivity index (χ1v) is 7.18. The van der Waals surface area contributed by atoms with E-state index in [1.54, 1.807) is 24.3 Å². The van der Waals surface area contributed by atoms with Gasteiger partial charge in [-0.05, 0) is 17.7 Å². The second-order valence-corrected chi connectivity index (χ2v) is 6.42. The van der Waals surface area contributed by atoms with Crippen LogP contribution in [-0.4, -0.2) is 48.2 Å². The molecule has 6 nitrogen and oxygen atoms in total. The second kappa shape index (κ2) is 4.85. The lowest BCUT2D eigenvalue weighted by molar-refractivity contribution is 0.0572. The van der Waals surface area contributed by atoms with Crippen molar-refractivity contribution in [2.24, 2.45) is 0 Å². The Morgan fingerprint density at radius 2 is 1.89 bits per heavy atom. The lowest BCUT2D eigenvalue weighted by Crippen LogP contribution is -2.31. The molecule has 1 aliphatic rings. The monoisotopic (exact) mass is 272 g/mol. The average Bonchev–Trinajstić information content (AvgIpc) is 2.59. The molecule has 2 atom stereocenters. The molecule has 100 valence electrons. The topological polar surface area (TPSA) is 104 Å². The maximum atomic E-state index is 12.1. The molecule has 0 aromatic heterocycles. The molecule has 1 saturated heterocycles. The van der Waals surface area contributed by atoms with E-state index in [0.29, 0.717) is 11.3 Å². The van der Waals surface area contributed by atoms with Gasteiger partial charge in [-0.3, -0.25) is 0 Å². The molecule has 7 heteroatoms. The molecule has 18 heavy (non-hydrogen) atoms. The Labute approximate surface area is 106 Å². The van der Waals surface area contributed by atoms with Crippen LogP contribution in [0.25, 0.3) is 0 Å². The van der Waals surface area contributed by atoms with E-state index in [1.165, 1.54) is 0 Å². The predicted molar refractivity (Wildman–Crippen MR) is 67.1 cm³/mol. The maximum Gasteiger partial charge on any atom is 0.218 e. The van der Waals surface area contributed by atoms with Gasteiger partial charge in [0.05, 0.1) is 18.0 Å². The summed E-state index contributed by atoms with van der Waals surface area (Å²) in [6.07, 6.45) is -2.03. The number of rotatable bonds is 3. The van der Waals surface area contributed by atoms with Gasteiger partial charge in [-0.15, -0.1) is 0 Å². The molecule has 0 spiro atoms. The van der Waals surface area contributed by atoms with Gasteiger partial charge in [0.15, 0.2) is 0 Å². The smallest absolute Gasteiger partial charge is 0.218 e. The molecular formula is C11H16N2O4S. The molecule has 1 aliphatic heterocycles. The van der Waals surface area contributed by atoms with E-state index < -0.39 is 22.2 Å². The number of aliphatic hydroxyl groups excluding tert-OH is 2. The van der Waals surface area contributed by atoms with Gasteiger partial charge in [0.25, 0.3) is 0 Å². The maximum absolute atomic E-state index is 12.1. The molecule has 0 bridgehead atoms. The van der Waals surface area contributed by atoms with Gasteiger partial charge in [-0.25, -0.2) is 8.42 Å². The first-order chi connectivity index (χ1) is 8.38. The van der Waals surface area contributed by atoms with Crippen LogP contribution in [0.15, 0.2) is 24.3 Å². The van der Waals surface area contributed by atoms with E-state index in [2.05, 4.69) is 0 Å². The molecule has 1 aromatic rings. The van der Waals surface area contributed by atoms with Gasteiger partial charge in [0.1, 0.15) is 0 Å². The van der Waals surface area contributed by atoms with Crippen molar-refractivity contribution in [2.45, 2.75) is 18.0 Å². The molecule has 0 amide bonds. The van der Waals surface area contributed by atoms with Crippen LogP contribution in [0.3, 0.4) is 0 Å². The Morgan fingerprint density at radius 3 is 2.44 bits per heavy atom. The van der Waals surface area contributed by atoms with E-state index >= 15 is 0 Å². The number of hydrogen-bond donors (Lipinski definition) is 3. The summed E-state index contributed by atoms with van der Waals surface area (Å²) in [5.74, 6) is -0.183. The summed E-state index contributed by atoms with van der Waals surface area (Å²) >= 11 is 0. The zero-order chi connectivity index (χ0) is 13.3. The summed E-state index contributed by atoms with van der Waals surface area (Å²) < 4.78 is 25.2. The average molecular weight is 272 g/mol. The number of nitrogens with two attached hydrogens (primary N) is 1. The van der Waals surface area contributed by atoms with Gasteiger partial charge in [-0.2, -0.15) is 4.31 Å². The van der Waals surface area contributed by atoms with Crippen molar-refractivity contribution >= 4 is 15.7 Å². The third-order valence-corrected chi connectivity index (χ3v) is 4.70. The molecule has 4 N–H and O–H groups in total. The Hall–Kier alpha value is -1.15. The standard InChI is InChI=1S/C11H16N2O4S/c12-9-3-1-2-8(4-9)7-18(16,17)13-5-10(14)11(15)6-13/h1-4,10-11,14-15H,5-7,12H2/t10-,11+. The summed E-state index contributed by atoms with van der Waals surface area (Å²) in [4.78, 5) is 0. The molecule has 0 saturated carbocycles. The number of hydrogen-bond acceptors (Lipinski definition) is 5. The zero-order valence-corrected chi connectivity index (χ0v) is 10.5. The molecule has 1 fully saturated rings. The van der Waals surface area contributed by atoms with Crippen molar-refractivity contribution in [3.05, 3.63) is 29.8 Å². The lowest BCUT2D eigenvalue weighted by atomic mass is 10.2. The van der Waals surface area contributed by atoms with Gasteiger partial charge in [0, 0.05) is 18.8 Å². The number of benzene rings is 1. The summed E-state index contributed by atoms with van der Waals surface area (Å²) in [6.45, 7) is -0.127. The number of sulfonamides is 1. The van der Waals surface area contributed by atoms with Crippen LogP contribution >= 0.6 is 0 Å². The normalized spacial score (nSPS) is 25.4. The van der Waals surface area contributed by atoms with E-state index in [1.807, 2.05) is 0 Å². The summed E-state index contributed by atoms with van der Waals surface area (Å²) in [6, 6.07) is 6.64. The molecule has 1 heterocycles. The van der Waals surface area contributed by atoms with Crippen molar-refractivity contribution < 1.29 is 18.6 Å². The Balaban J connectivity index is 2.13. The third kappa shape index (κ3) is 2.81. The van der Waals surface area contributed by atoms with Crippen LogP contribution in [0.1, 0.15) is 5.56 Å². The first-order valence-electron chi connectivity index (χ1n) is 5.57. The largest absolute Gasteiger partial charge is 0.399 e. The fourth-order valence-electron chi connectivity index (χ4n) is 1.95. The number of anilines is 1. The summed E-state index contributed by atoms with van der Waals surface area (Å²) in [5.41, 5.74) is 6.68. The minimum atomic E-state index is -3.54. The predicted octanol–water partition coefficient (Wildman–Crippen LogP) is -0.864. The Bertz CT molecular complexity index is 522. The Kier molecular flexibility index (Phi) is 3.58. The van der Waals surface area contributed by atoms with E-state index in [4.69, 9.17) is 5.73 Å². The Morgan fingerprint density at radius 1 is 1.28 bits per heavy atom. The molecule has 1 aromatic carbocycles. The van der Waals surface area contributed by atoms with Crippen LogP contribution in [-0.2, 0) is 15.8 Å². The molecule has 2 rings (SSSR count). The van der Waals surface area contributed by atoms with Gasteiger partial charge < -0.3 is 15.9 Å². The lowest BCUT2D eigenvalue weighted by Gasteiger charge is -2.15. The molecular weight excluding hydrogens is 256 g/mol. The van der Waals surface area contributed by atoms with E-state index in [9.17, 15) is 18.6 Å². The zero-order valence-electron chi connectivity index (χ0n) is 9.73. The van der Waals surface area contributed by atoms with Crippen molar-refractivity contribution in [2.75, 3.05) is 18.8 Å². The van der Waals surface area contributed by atoms with Crippen molar-refractivity contribution in [3.8, 4) is 0 Å². The minimum Gasteiger partial charge on any atom is -0.399 e. The van der Waals surface area contributed by atoms with E-state index in [-0.39, 0.29) is 18.8 Å². The molecule has 0 aliphatic carbocycles. The van der Waals surface area contributed by atoms with Gasteiger partial charge in [-0.1, -0.05) is 12.1 Å². The van der Waals surface area contributed by atoms with Crippen LogP contribution < -0.4 is 5.73 Å². The summed E-state index contributed by atoms with van der Waals surface area (Å²) in [5, 5.41) is 18.7. The van der Waals surface area contributed by atoms with Crippen molar-refractivity contribution in [1.29, 1.82) is 0 Å². The number of nitrogens with zero attached hydrogens (tertiary/aromatic N) is 1. The number of nitrogen functional groups attached to an aromatic ring is 1. The van der Waals surface area contributed by atoms with Gasteiger partial charge in [0.2, 0.25) is 10.0 Å². The molecule has 0 radical (unpaired) electrons. The van der Waals surface area contributed by atoms with Crippen molar-refractivity contribution in [3.63, 3.8) is 0 Å². The first kappa shape index (κ1) is 13.3. The molecule has 0 unspecified atom stereocenters. The highest BCUT2D eigenvalue weighted by atomic mass is 32.2. The fraction of sp³-hybridized carbons (Fsp3) is 0.455. The fourth-order valence-corrected chi connectivity index (χ4v) is 3.49. The van der Waals surface area contributed by atoms with Crippen LogP contribution in [0.2, 0.25) is 0 Å². The SMILES string of the molecule is Nc1cccc(CS(=O)(=O)N2C[C@@H](O)[C@@H](O)C2)c1. The van der Waals surface area contributed by atoms with Crippen LogP contribution in [0, 0.1) is 0 Å². The number of β-amino-alcohol motifs (C(OH)–C–C–N with tert-alkyl or cyclic N) is 2. The van der Waals surface area contributed by atoms with Crippen LogP contribution in [0.5, 0.6) is 0 Å². The highest BCUT2D eigenvalue weighted by Crippen LogP contribution is 2.19. The van der Waals surface area contributed by atoms with Crippen LogP contribution in [0.4, 0.5) is 5.69 Å². The van der Waals surface area contributed by atoms with E-state index in [0.717, 1.165) is 4.31 Å². The highest BCUT2D eigenvalue weighted by Gasteiger charge is 2.36. The minimum absolute atomic E-state index is 0.0637.